The van der Waals surface area contributed by atoms with E-state index >= 15 is 0 Å². The average Bonchev–Trinajstić information content (AvgIpc) is 2.48. The quantitative estimate of drug-likeness (QED) is 0.696. The van der Waals surface area contributed by atoms with Crippen LogP contribution in [0.3, 0.4) is 0 Å². The molecule has 0 aliphatic rings. The van der Waals surface area contributed by atoms with Crippen molar-refractivity contribution in [2.75, 3.05) is 0 Å². The standard InChI is InChI=1S/C19H24BrN/c1-4-7-16-10-12-17(13-11-16)14(2)21-15(3)18-8-5-6-9-19(18)20/h5-6,8-15,21H,4,7H2,1-3H3/t14?,15-/m0/s1. The molecule has 1 unspecified atom stereocenters. The van der Waals surface area contributed by atoms with Gasteiger partial charge in [0.25, 0.3) is 0 Å². The van der Waals surface area contributed by atoms with Crippen molar-refractivity contribution in [3.8, 4) is 0 Å². The van der Waals surface area contributed by atoms with Crippen LogP contribution < -0.4 is 5.32 Å². The number of nitrogens with one attached hydrogen (secondary N) is 1. The molecule has 2 atom stereocenters. The Labute approximate surface area is 136 Å². The van der Waals surface area contributed by atoms with E-state index in [9.17, 15) is 0 Å². The van der Waals surface area contributed by atoms with Crippen molar-refractivity contribution in [3.63, 3.8) is 0 Å². The molecular formula is C19H24BrN. The molecule has 1 N–H and O–H groups in total. The fourth-order valence-electron chi connectivity index (χ4n) is 2.65. The maximum atomic E-state index is 3.67. The van der Waals surface area contributed by atoms with Crippen LogP contribution in [0, 0.1) is 0 Å². The van der Waals surface area contributed by atoms with E-state index in [2.05, 4.69) is 90.5 Å². The van der Waals surface area contributed by atoms with Gasteiger partial charge in [0.2, 0.25) is 0 Å². The van der Waals surface area contributed by atoms with Crippen molar-refractivity contribution in [1.82, 2.24) is 5.32 Å². The molecule has 0 aliphatic carbocycles. The second kappa shape index (κ2) is 7.77. The molecule has 0 amide bonds. The third-order valence-corrected chi connectivity index (χ3v) is 4.61. The van der Waals surface area contributed by atoms with E-state index in [1.807, 2.05) is 0 Å². The molecular weight excluding hydrogens is 322 g/mol. The lowest BCUT2D eigenvalue weighted by atomic mass is 10.0. The lowest BCUT2D eigenvalue weighted by Crippen LogP contribution is -2.22. The second-order valence-electron chi connectivity index (χ2n) is 5.62. The maximum absolute atomic E-state index is 3.67. The SMILES string of the molecule is CCCc1ccc(C(C)N[C@@H](C)c2ccccc2Br)cc1. The van der Waals surface area contributed by atoms with Crippen LogP contribution in [-0.2, 0) is 6.42 Å². The summed E-state index contributed by atoms with van der Waals surface area (Å²) in [5.74, 6) is 0. The van der Waals surface area contributed by atoms with Crippen molar-refractivity contribution in [1.29, 1.82) is 0 Å². The molecule has 0 aliphatic heterocycles. The molecule has 0 aromatic heterocycles. The molecule has 0 saturated carbocycles. The summed E-state index contributed by atoms with van der Waals surface area (Å²) in [4.78, 5) is 0. The van der Waals surface area contributed by atoms with Crippen molar-refractivity contribution >= 4 is 15.9 Å². The van der Waals surface area contributed by atoms with Crippen molar-refractivity contribution in [3.05, 3.63) is 69.7 Å². The molecule has 2 aromatic rings. The molecule has 0 bridgehead atoms. The van der Waals surface area contributed by atoms with Gasteiger partial charge in [-0.05, 0) is 43.0 Å². The van der Waals surface area contributed by atoms with Crippen LogP contribution in [-0.4, -0.2) is 0 Å². The second-order valence-corrected chi connectivity index (χ2v) is 6.48. The summed E-state index contributed by atoms with van der Waals surface area (Å²) in [5, 5.41) is 3.67. The zero-order valence-corrected chi connectivity index (χ0v) is 14.7. The van der Waals surface area contributed by atoms with Gasteiger partial charge in [-0.3, -0.25) is 0 Å². The van der Waals surface area contributed by atoms with Crippen LogP contribution in [0.2, 0.25) is 0 Å². The highest BCUT2D eigenvalue weighted by molar-refractivity contribution is 9.10. The monoisotopic (exact) mass is 345 g/mol. The van der Waals surface area contributed by atoms with E-state index in [1.165, 1.54) is 23.1 Å². The van der Waals surface area contributed by atoms with E-state index in [0.717, 1.165) is 10.9 Å². The Kier molecular flexibility index (Phi) is 6.01. The van der Waals surface area contributed by atoms with Gasteiger partial charge in [-0.2, -0.15) is 0 Å². The fraction of sp³-hybridized carbons (Fsp3) is 0.368. The number of halogens is 1. The zero-order chi connectivity index (χ0) is 15.2. The van der Waals surface area contributed by atoms with Crippen LogP contribution in [0.15, 0.2) is 53.0 Å². The molecule has 2 aromatic carbocycles. The van der Waals surface area contributed by atoms with Gasteiger partial charge in [-0.1, -0.05) is 71.7 Å². The average molecular weight is 346 g/mol. The van der Waals surface area contributed by atoms with Gasteiger partial charge in [0.1, 0.15) is 0 Å². The number of rotatable bonds is 6. The summed E-state index contributed by atoms with van der Waals surface area (Å²) >= 11 is 3.63. The molecule has 2 rings (SSSR count). The molecule has 0 heterocycles. The van der Waals surface area contributed by atoms with Gasteiger partial charge in [-0.25, -0.2) is 0 Å². The lowest BCUT2D eigenvalue weighted by Gasteiger charge is -2.22. The van der Waals surface area contributed by atoms with E-state index < -0.39 is 0 Å². The van der Waals surface area contributed by atoms with Gasteiger partial charge in [0, 0.05) is 16.6 Å². The largest absolute Gasteiger partial charge is 0.304 e. The third-order valence-electron chi connectivity index (χ3n) is 3.89. The highest BCUT2D eigenvalue weighted by Gasteiger charge is 2.13. The van der Waals surface area contributed by atoms with Crippen LogP contribution in [0.4, 0.5) is 0 Å². The fourth-order valence-corrected chi connectivity index (χ4v) is 3.28. The number of benzene rings is 2. The summed E-state index contributed by atoms with van der Waals surface area (Å²) in [6.45, 7) is 6.65. The predicted molar refractivity (Wildman–Crippen MR) is 94.5 cm³/mol. The smallest absolute Gasteiger partial charge is 0.0308 e. The number of aryl methyl sites for hydroxylation is 1. The van der Waals surface area contributed by atoms with Crippen LogP contribution >= 0.6 is 15.9 Å². The molecule has 0 radical (unpaired) electrons. The van der Waals surface area contributed by atoms with E-state index in [4.69, 9.17) is 0 Å². The number of hydrogen-bond acceptors (Lipinski definition) is 1. The Morgan fingerprint density at radius 1 is 0.952 bits per heavy atom. The topological polar surface area (TPSA) is 12.0 Å². The third kappa shape index (κ3) is 4.42. The molecule has 0 fully saturated rings. The Balaban J connectivity index is 2.03. The summed E-state index contributed by atoms with van der Waals surface area (Å²) in [6.07, 6.45) is 2.36. The van der Waals surface area contributed by atoms with E-state index in [1.54, 1.807) is 0 Å². The Hall–Kier alpha value is -1.12. The molecule has 0 spiro atoms. The van der Waals surface area contributed by atoms with Crippen LogP contribution in [0.5, 0.6) is 0 Å². The molecule has 1 nitrogen and oxygen atoms in total. The first kappa shape index (κ1) is 16.3. The highest BCUT2D eigenvalue weighted by atomic mass is 79.9. The van der Waals surface area contributed by atoms with E-state index in [0.29, 0.717) is 12.1 Å². The summed E-state index contributed by atoms with van der Waals surface area (Å²) in [7, 11) is 0. The Morgan fingerprint density at radius 3 is 2.24 bits per heavy atom. The van der Waals surface area contributed by atoms with Crippen molar-refractivity contribution in [2.45, 2.75) is 45.7 Å². The minimum Gasteiger partial charge on any atom is -0.304 e. The molecule has 0 saturated heterocycles. The molecule has 112 valence electrons. The highest BCUT2D eigenvalue weighted by Crippen LogP contribution is 2.25. The Morgan fingerprint density at radius 2 is 1.62 bits per heavy atom. The maximum Gasteiger partial charge on any atom is 0.0308 e. The summed E-state index contributed by atoms with van der Waals surface area (Å²) in [6, 6.07) is 18.0. The molecule has 2 heteroatoms. The predicted octanol–water partition coefficient (Wildman–Crippen LogP) is 5.81. The van der Waals surface area contributed by atoms with Crippen molar-refractivity contribution < 1.29 is 0 Å². The Bertz CT molecular complexity index is 562. The van der Waals surface area contributed by atoms with Gasteiger partial charge in [0.15, 0.2) is 0 Å². The van der Waals surface area contributed by atoms with Gasteiger partial charge in [0.05, 0.1) is 0 Å². The first-order valence-corrected chi connectivity index (χ1v) is 8.50. The number of hydrogen-bond donors (Lipinski definition) is 1. The normalized spacial score (nSPS) is 13.9. The minimum atomic E-state index is 0.311. The molecule has 21 heavy (non-hydrogen) atoms. The summed E-state index contributed by atoms with van der Waals surface area (Å²) in [5.41, 5.74) is 4.06. The van der Waals surface area contributed by atoms with Gasteiger partial charge >= 0.3 is 0 Å². The van der Waals surface area contributed by atoms with Crippen LogP contribution in [0.25, 0.3) is 0 Å². The van der Waals surface area contributed by atoms with Gasteiger partial charge in [-0.15, -0.1) is 0 Å². The van der Waals surface area contributed by atoms with Crippen LogP contribution in [0.1, 0.15) is 56.0 Å². The first-order valence-electron chi connectivity index (χ1n) is 7.71. The van der Waals surface area contributed by atoms with E-state index in [-0.39, 0.29) is 0 Å². The minimum absolute atomic E-state index is 0.311. The summed E-state index contributed by atoms with van der Waals surface area (Å²) < 4.78 is 1.16. The van der Waals surface area contributed by atoms with Gasteiger partial charge < -0.3 is 5.32 Å². The first-order chi connectivity index (χ1) is 10.1. The lowest BCUT2D eigenvalue weighted by molar-refractivity contribution is 0.493. The zero-order valence-electron chi connectivity index (χ0n) is 13.1. The van der Waals surface area contributed by atoms with Crippen molar-refractivity contribution in [2.24, 2.45) is 0 Å².